The predicted molar refractivity (Wildman–Crippen MR) is 55.6 cm³/mol. The fourth-order valence-electron chi connectivity index (χ4n) is 1.51. The fraction of sp³-hybridized carbons (Fsp3) is 0.778. The van der Waals surface area contributed by atoms with Crippen LogP contribution in [0.25, 0.3) is 0 Å². The molecule has 1 atom stereocenters. The van der Waals surface area contributed by atoms with E-state index in [0.29, 0.717) is 12.3 Å². The maximum Gasteiger partial charge on any atom is 0.345 e. The molecular formula is C9H17N3O3. The number of urea groups is 1. The van der Waals surface area contributed by atoms with Crippen molar-refractivity contribution in [1.29, 1.82) is 0 Å². The summed E-state index contributed by atoms with van der Waals surface area (Å²) in [6, 6.07) is -0.332. The smallest absolute Gasteiger partial charge is 0.345 e. The molecule has 6 nitrogen and oxygen atoms in total. The Bertz CT molecular complexity index is 288. The van der Waals surface area contributed by atoms with Crippen LogP contribution in [0, 0.1) is 0 Å². The van der Waals surface area contributed by atoms with Gasteiger partial charge >= 0.3 is 6.03 Å². The first kappa shape index (κ1) is 11.9. The van der Waals surface area contributed by atoms with E-state index in [4.69, 9.17) is 15.2 Å². The topological polar surface area (TPSA) is 77.2 Å². The summed E-state index contributed by atoms with van der Waals surface area (Å²) >= 11 is 0. The van der Waals surface area contributed by atoms with Gasteiger partial charge < -0.3 is 20.1 Å². The molecule has 0 saturated heterocycles. The Balaban J connectivity index is 2.83. The number of likely N-dealkylation sites (N-methyl/N-ethyl adjacent to an activating group) is 1. The highest BCUT2D eigenvalue weighted by atomic mass is 16.7. The molecule has 1 unspecified atom stereocenters. The maximum absolute atomic E-state index is 11.3. The van der Waals surface area contributed by atoms with Crippen molar-refractivity contribution in [3.63, 3.8) is 0 Å². The van der Waals surface area contributed by atoms with Crippen molar-refractivity contribution in [2.45, 2.75) is 25.2 Å². The highest BCUT2D eigenvalue weighted by Gasteiger charge is 2.44. The number of amidine groups is 1. The molecule has 0 aromatic carbocycles. The van der Waals surface area contributed by atoms with E-state index in [0.717, 1.165) is 0 Å². The van der Waals surface area contributed by atoms with Crippen LogP contribution in [0.2, 0.25) is 0 Å². The minimum atomic E-state index is -0.631. The Morgan fingerprint density at radius 1 is 1.53 bits per heavy atom. The third-order valence-electron chi connectivity index (χ3n) is 2.89. The monoisotopic (exact) mass is 215 g/mol. The lowest BCUT2D eigenvalue weighted by molar-refractivity contribution is -0.117. The van der Waals surface area contributed by atoms with Crippen LogP contribution in [0.15, 0.2) is 4.99 Å². The summed E-state index contributed by atoms with van der Waals surface area (Å²) < 4.78 is 10.2. The molecule has 86 valence electrons. The lowest BCUT2D eigenvalue weighted by Crippen LogP contribution is -2.52. The van der Waals surface area contributed by atoms with Gasteiger partial charge in [0.15, 0.2) is 6.29 Å². The number of methoxy groups -OCH3 is 2. The van der Waals surface area contributed by atoms with Gasteiger partial charge in [0.05, 0.1) is 0 Å². The largest absolute Gasteiger partial charge is 0.385 e. The molecule has 0 spiro atoms. The van der Waals surface area contributed by atoms with Crippen molar-refractivity contribution in [3.05, 3.63) is 0 Å². The highest BCUT2D eigenvalue weighted by molar-refractivity contribution is 6.05. The van der Waals surface area contributed by atoms with Gasteiger partial charge in [0.25, 0.3) is 0 Å². The van der Waals surface area contributed by atoms with Crippen molar-refractivity contribution in [2.24, 2.45) is 10.7 Å². The summed E-state index contributed by atoms with van der Waals surface area (Å²) in [5.41, 5.74) is 5.10. The third kappa shape index (κ3) is 1.95. The van der Waals surface area contributed by atoms with Crippen molar-refractivity contribution in [2.75, 3.05) is 21.3 Å². The number of carbonyl (C=O) groups is 1. The Hall–Kier alpha value is -1.14. The number of ether oxygens (including phenoxy) is 2. The van der Waals surface area contributed by atoms with Gasteiger partial charge in [-0.15, -0.1) is 0 Å². The van der Waals surface area contributed by atoms with Crippen LogP contribution in [-0.2, 0) is 9.47 Å². The summed E-state index contributed by atoms with van der Waals surface area (Å²) in [5.74, 6) is 0.300. The van der Waals surface area contributed by atoms with E-state index in [2.05, 4.69) is 4.99 Å². The zero-order valence-electron chi connectivity index (χ0n) is 9.48. The van der Waals surface area contributed by atoms with E-state index >= 15 is 0 Å². The van der Waals surface area contributed by atoms with Crippen molar-refractivity contribution in [3.8, 4) is 0 Å². The summed E-state index contributed by atoms with van der Waals surface area (Å²) in [7, 11) is 4.75. The molecule has 15 heavy (non-hydrogen) atoms. The first-order valence-corrected chi connectivity index (χ1v) is 4.63. The second-order valence-electron chi connectivity index (χ2n) is 3.72. The van der Waals surface area contributed by atoms with Crippen LogP contribution in [0.3, 0.4) is 0 Å². The molecule has 0 fully saturated rings. The van der Waals surface area contributed by atoms with Crippen LogP contribution in [0.5, 0.6) is 0 Å². The third-order valence-corrected chi connectivity index (χ3v) is 2.89. The lowest BCUT2D eigenvalue weighted by Gasteiger charge is -2.33. The second kappa shape index (κ2) is 4.16. The molecule has 1 rings (SSSR count). The summed E-state index contributed by atoms with van der Waals surface area (Å²) in [6.45, 7) is 1.84. The van der Waals surface area contributed by atoms with Gasteiger partial charge in [-0.2, -0.15) is 4.99 Å². The molecule has 2 amide bonds. The van der Waals surface area contributed by atoms with Crippen molar-refractivity contribution in [1.82, 2.24) is 4.90 Å². The lowest BCUT2D eigenvalue weighted by atomic mass is 9.95. The minimum Gasteiger partial charge on any atom is -0.385 e. The van der Waals surface area contributed by atoms with Gasteiger partial charge in [-0.25, -0.2) is 4.79 Å². The second-order valence-corrected chi connectivity index (χ2v) is 3.72. The van der Waals surface area contributed by atoms with Crippen molar-refractivity contribution < 1.29 is 14.3 Å². The fourth-order valence-corrected chi connectivity index (χ4v) is 1.51. The van der Waals surface area contributed by atoms with Gasteiger partial charge in [-0.05, 0) is 6.92 Å². The molecule has 6 heteroatoms. The molecule has 0 radical (unpaired) electrons. The predicted octanol–water partition coefficient (Wildman–Crippen LogP) is 0.177. The molecule has 0 aromatic rings. The quantitative estimate of drug-likeness (QED) is 0.678. The first-order chi connectivity index (χ1) is 6.95. The molecule has 1 heterocycles. The molecule has 0 aromatic heterocycles. The zero-order chi connectivity index (χ0) is 11.6. The van der Waals surface area contributed by atoms with Crippen LogP contribution in [0.4, 0.5) is 4.79 Å². The molecule has 0 aliphatic carbocycles. The Kier molecular flexibility index (Phi) is 3.31. The van der Waals surface area contributed by atoms with Crippen LogP contribution >= 0.6 is 0 Å². The summed E-state index contributed by atoms with van der Waals surface area (Å²) in [4.78, 5) is 16.5. The first-order valence-electron chi connectivity index (χ1n) is 4.63. The van der Waals surface area contributed by atoms with Gasteiger partial charge in [0.2, 0.25) is 0 Å². The highest BCUT2D eigenvalue weighted by Crippen LogP contribution is 2.27. The Labute approximate surface area is 89.0 Å². The SMILES string of the molecule is COC(CC1(C)C(N)=NC(=O)N1C)OC. The zero-order valence-corrected chi connectivity index (χ0v) is 9.48. The summed E-state index contributed by atoms with van der Waals surface area (Å²) in [6.07, 6.45) is 0.0505. The molecule has 2 N–H and O–H groups in total. The molecule has 1 aliphatic rings. The normalized spacial score (nSPS) is 26.3. The Morgan fingerprint density at radius 2 is 2.07 bits per heavy atom. The number of carbonyl (C=O) groups excluding carboxylic acids is 1. The Morgan fingerprint density at radius 3 is 2.40 bits per heavy atom. The number of nitrogens with two attached hydrogens (primary N) is 1. The number of rotatable bonds is 4. The minimum absolute atomic E-state index is 0.300. The molecule has 0 bridgehead atoms. The average Bonchev–Trinajstić information content (AvgIpc) is 2.40. The van der Waals surface area contributed by atoms with E-state index in [1.807, 2.05) is 6.92 Å². The van der Waals surface area contributed by atoms with E-state index in [1.54, 1.807) is 21.3 Å². The molecule has 1 aliphatic heterocycles. The summed E-state index contributed by atoms with van der Waals surface area (Å²) in [5, 5.41) is 0. The van der Waals surface area contributed by atoms with Gasteiger partial charge in [0, 0.05) is 27.7 Å². The maximum atomic E-state index is 11.3. The standard InChI is InChI=1S/C9H17N3O3/c1-9(5-6(14-3)15-4)7(10)11-8(13)12(9)2/h6H,5H2,1-4H3,(H2,10,11,13). The van der Waals surface area contributed by atoms with Crippen molar-refractivity contribution >= 4 is 11.9 Å². The number of amides is 2. The van der Waals surface area contributed by atoms with E-state index in [1.165, 1.54) is 4.90 Å². The van der Waals surface area contributed by atoms with Gasteiger partial charge in [-0.3, -0.25) is 0 Å². The number of nitrogens with zero attached hydrogens (tertiary/aromatic N) is 2. The van der Waals surface area contributed by atoms with E-state index in [9.17, 15) is 4.79 Å². The van der Waals surface area contributed by atoms with Crippen LogP contribution < -0.4 is 5.73 Å². The number of hydrogen-bond acceptors (Lipinski definition) is 4. The van der Waals surface area contributed by atoms with Gasteiger partial charge in [-0.1, -0.05) is 0 Å². The van der Waals surface area contributed by atoms with E-state index in [-0.39, 0.29) is 6.03 Å². The van der Waals surface area contributed by atoms with Crippen LogP contribution in [-0.4, -0.2) is 49.9 Å². The average molecular weight is 215 g/mol. The molecular weight excluding hydrogens is 198 g/mol. The van der Waals surface area contributed by atoms with Gasteiger partial charge in [0.1, 0.15) is 11.4 Å². The molecule has 0 saturated carbocycles. The number of hydrogen-bond donors (Lipinski definition) is 1. The van der Waals surface area contributed by atoms with Crippen LogP contribution in [0.1, 0.15) is 13.3 Å². The number of aliphatic imine (C=N–C) groups is 1. The van der Waals surface area contributed by atoms with E-state index < -0.39 is 11.8 Å².